The third-order valence-corrected chi connectivity index (χ3v) is 5.06. The number of nitrogens with one attached hydrogen (secondary N) is 1. The molecule has 24 heavy (non-hydrogen) atoms. The second-order valence-electron chi connectivity index (χ2n) is 8.41. The summed E-state index contributed by atoms with van der Waals surface area (Å²) in [7, 11) is 3.57. The number of carbonyl (C=O) groups excluding carboxylic acids is 1. The van der Waals surface area contributed by atoms with Crippen LogP contribution in [0.3, 0.4) is 0 Å². The molecule has 0 radical (unpaired) electrons. The van der Waals surface area contributed by atoms with Gasteiger partial charge in [-0.2, -0.15) is 0 Å². The zero-order valence-electron chi connectivity index (χ0n) is 15.1. The van der Waals surface area contributed by atoms with Crippen molar-refractivity contribution >= 4 is 37.7 Å². The van der Waals surface area contributed by atoms with Crippen LogP contribution in [0.5, 0.6) is 0 Å². The fraction of sp³-hybridized carbons (Fsp3) is 0.667. The number of nitrogens with zero attached hydrogens (tertiary/aromatic N) is 2. The molecule has 1 aliphatic carbocycles. The lowest BCUT2D eigenvalue weighted by Gasteiger charge is -2.59. The van der Waals surface area contributed by atoms with E-state index in [2.05, 4.69) is 31.2 Å². The van der Waals surface area contributed by atoms with Crippen LogP contribution < -0.4 is 5.32 Å². The minimum Gasteiger partial charge on any atom is -0.444 e. The first-order valence-electron chi connectivity index (χ1n) is 7.98. The zero-order valence-corrected chi connectivity index (χ0v) is 16.7. The molecule has 1 amide bonds. The predicted octanol–water partition coefficient (Wildman–Crippen LogP) is 0.671. The fourth-order valence-corrected chi connectivity index (χ4v) is 3.28. The van der Waals surface area contributed by atoms with Gasteiger partial charge in [0.2, 0.25) is 0 Å². The van der Waals surface area contributed by atoms with Crippen LogP contribution in [0.25, 0.3) is 0 Å². The molecule has 0 bridgehead atoms. The van der Waals surface area contributed by atoms with Crippen molar-refractivity contribution < 1.29 is 14.6 Å². The number of hydrogen-bond donors (Lipinski definition) is 2. The Balaban J connectivity index is 2.28. The SMILES string of the molecule is BC(B)(O)[C@]1(C)C[C@@](NC(=O)OC(C)(C)C)(c2ncc(Br)cn2)C1. The van der Waals surface area contributed by atoms with Crippen molar-refractivity contribution in [1.29, 1.82) is 0 Å². The molecule has 1 fully saturated rings. The van der Waals surface area contributed by atoms with E-state index in [0.717, 1.165) is 4.47 Å². The molecule has 1 saturated carbocycles. The summed E-state index contributed by atoms with van der Waals surface area (Å²) >= 11 is 3.32. The lowest BCUT2D eigenvalue weighted by Crippen LogP contribution is -2.67. The first kappa shape index (κ1) is 19.2. The minimum absolute atomic E-state index is 0.349. The Labute approximate surface area is 153 Å². The van der Waals surface area contributed by atoms with Gasteiger partial charge in [0.05, 0.1) is 4.47 Å². The maximum absolute atomic E-state index is 12.3. The minimum atomic E-state index is -0.874. The topological polar surface area (TPSA) is 84.3 Å². The highest BCUT2D eigenvalue weighted by molar-refractivity contribution is 9.10. The first-order chi connectivity index (χ1) is 10.8. The molecule has 6 nitrogen and oxygen atoms in total. The summed E-state index contributed by atoms with van der Waals surface area (Å²) in [6.07, 6.45) is 3.86. The Morgan fingerprint density at radius 1 is 1.33 bits per heavy atom. The molecule has 130 valence electrons. The summed E-state index contributed by atoms with van der Waals surface area (Å²) in [5.74, 6) is 0.526. The number of carbonyl (C=O) groups is 1. The summed E-state index contributed by atoms with van der Waals surface area (Å²) in [5.41, 5.74) is -1.68. The van der Waals surface area contributed by atoms with E-state index < -0.39 is 22.6 Å². The molecule has 0 atom stereocenters. The van der Waals surface area contributed by atoms with Crippen molar-refractivity contribution in [3.05, 3.63) is 22.7 Å². The lowest BCUT2D eigenvalue weighted by molar-refractivity contribution is -0.0763. The number of alkyl carbamates (subject to hydrolysis) is 1. The van der Waals surface area contributed by atoms with Gasteiger partial charge in [0.15, 0.2) is 5.82 Å². The summed E-state index contributed by atoms with van der Waals surface area (Å²) < 4.78 is 6.16. The number of rotatable bonds is 3. The smallest absolute Gasteiger partial charge is 0.408 e. The van der Waals surface area contributed by atoms with Crippen molar-refractivity contribution in [2.45, 2.75) is 57.1 Å². The Morgan fingerprint density at radius 3 is 2.25 bits per heavy atom. The van der Waals surface area contributed by atoms with Crippen LogP contribution in [-0.4, -0.2) is 47.9 Å². The molecule has 0 saturated heterocycles. The molecular formula is C15H24B2BrN3O3. The second-order valence-corrected chi connectivity index (χ2v) is 9.32. The van der Waals surface area contributed by atoms with Crippen LogP contribution >= 0.6 is 15.9 Å². The van der Waals surface area contributed by atoms with Crippen LogP contribution in [0, 0.1) is 5.41 Å². The highest BCUT2D eigenvalue weighted by Gasteiger charge is 2.60. The summed E-state index contributed by atoms with van der Waals surface area (Å²) in [5, 5.41) is 12.5. The Kier molecular flexibility index (Phi) is 4.83. The molecule has 1 aliphatic rings. The van der Waals surface area contributed by atoms with Crippen LogP contribution in [0.15, 0.2) is 16.9 Å². The number of aliphatic hydroxyl groups is 1. The molecule has 1 aromatic rings. The van der Waals surface area contributed by atoms with Crippen LogP contribution in [-0.2, 0) is 10.3 Å². The molecule has 0 spiro atoms. The average Bonchev–Trinajstić information content (AvgIpc) is 2.33. The molecule has 0 aliphatic heterocycles. The predicted molar refractivity (Wildman–Crippen MR) is 100 cm³/mol. The Morgan fingerprint density at radius 2 is 1.83 bits per heavy atom. The molecule has 9 heteroatoms. The largest absolute Gasteiger partial charge is 0.444 e. The molecule has 2 rings (SSSR count). The number of aromatic nitrogens is 2. The van der Waals surface area contributed by atoms with Gasteiger partial charge in [-0.25, -0.2) is 14.8 Å². The van der Waals surface area contributed by atoms with E-state index in [-0.39, 0.29) is 5.41 Å². The van der Waals surface area contributed by atoms with Crippen LogP contribution in [0.2, 0.25) is 0 Å². The van der Waals surface area contributed by atoms with Crippen molar-refractivity contribution in [2.24, 2.45) is 5.41 Å². The Hall–Kier alpha value is -1.08. The van der Waals surface area contributed by atoms with Gasteiger partial charge in [0, 0.05) is 17.8 Å². The number of ether oxygens (including phenoxy) is 1. The third-order valence-electron chi connectivity index (χ3n) is 4.65. The van der Waals surface area contributed by atoms with Gasteiger partial charge in [-0.05, 0) is 55.0 Å². The monoisotopic (exact) mass is 395 g/mol. The number of hydrogen-bond acceptors (Lipinski definition) is 5. The van der Waals surface area contributed by atoms with Crippen LogP contribution in [0.1, 0.15) is 46.4 Å². The van der Waals surface area contributed by atoms with E-state index in [9.17, 15) is 9.90 Å². The highest BCUT2D eigenvalue weighted by Crippen LogP contribution is 2.56. The first-order valence-corrected chi connectivity index (χ1v) is 8.77. The molecule has 0 unspecified atom stereocenters. The van der Waals surface area contributed by atoms with E-state index in [1.807, 2.05) is 27.7 Å². The third kappa shape index (κ3) is 3.94. The second kappa shape index (κ2) is 6.02. The van der Waals surface area contributed by atoms with Gasteiger partial charge in [0.25, 0.3) is 0 Å². The van der Waals surface area contributed by atoms with E-state index >= 15 is 0 Å². The van der Waals surface area contributed by atoms with Crippen molar-refractivity contribution in [3.8, 4) is 0 Å². The maximum atomic E-state index is 12.3. The lowest BCUT2D eigenvalue weighted by atomic mass is 9.40. The van der Waals surface area contributed by atoms with Gasteiger partial charge in [-0.3, -0.25) is 0 Å². The summed E-state index contributed by atoms with van der Waals surface area (Å²) in [6.45, 7) is 7.45. The maximum Gasteiger partial charge on any atom is 0.408 e. The van der Waals surface area contributed by atoms with E-state index in [0.29, 0.717) is 18.7 Å². The quantitative estimate of drug-likeness (QED) is 0.735. The molecule has 2 N–H and O–H groups in total. The fourth-order valence-electron chi connectivity index (χ4n) is 3.07. The van der Waals surface area contributed by atoms with Gasteiger partial charge in [0.1, 0.15) is 26.8 Å². The molecule has 1 heterocycles. The van der Waals surface area contributed by atoms with Crippen LogP contribution in [0.4, 0.5) is 4.79 Å². The summed E-state index contributed by atoms with van der Waals surface area (Å²) in [4.78, 5) is 21.0. The van der Waals surface area contributed by atoms with Crippen molar-refractivity contribution in [1.82, 2.24) is 15.3 Å². The molecular weight excluding hydrogens is 372 g/mol. The highest BCUT2D eigenvalue weighted by atomic mass is 79.9. The van der Waals surface area contributed by atoms with Gasteiger partial charge < -0.3 is 15.2 Å². The van der Waals surface area contributed by atoms with Crippen molar-refractivity contribution in [2.75, 3.05) is 0 Å². The standard InChI is InChI=1S/C15H24B2BrN3O3/c1-12(2,3)24-11(22)21-14(10-19-5-9(18)6-20-10)7-13(4,8-14)15(16,17)23/h5-6,23H,7-8,16-17H2,1-4H3,(H,21,22)/t13-,14+. The van der Waals surface area contributed by atoms with Crippen molar-refractivity contribution in [3.63, 3.8) is 0 Å². The number of halogens is 1. The van der Waals surface area contributed by atoms with Gasteiger partial charge in [-0.1, -0.05) is 6.92 Å². The van der Waals surface area contributed by atoms with E-state index in [4.69, 9.17) is 4.74 Å². The summed E-state index contributed by atoms with van der Waals surface area (Å²) in [6, 6.07) is 0. The van der Waals surface area contributed by atoms with Gasteiger partial charge >= 0.3 is 6.09 Å². The zero-order chi connectivity index (χ0) is 18.4. The van der Waals surface area contributed by atoms with E-state index in [1.165, 1.54) is 0 Å². The molecule has 0 aromatic carbocycles. The average molecular weight is 396 g/mol. The number of amides is 1. The Bertz CT molecular complexity index is 620. The normalized spacial score (nSPS) is 27.2. The molecule has 1 aromatic heterocycles. The van der Waals surface area contributed by atoms with Gasteiger partial charge in [-0.15, -0.1) is 0 Å². The van der Waals surface area contributed by atoms with E-state index in [1.54, 1.807) is 28.1 Å².